The molecule has 0 spiro atoms. The van der Waals surface area contributed by atoms with Crippen LogP contribution in [0, 0.1) is 11.2 Å². The smallest absolute Gasteiger partial charge is 0.258 e. The number of hydrogen-bond acceptors (Lipinski definition) is 5. The molecule has 4 rings (SSSR count). The van der Waals surface area contributed by atoms with E-state index in [0.717, 1.165) is 43.1 Å². The fourth-order valence-electron chi connectivity index (χ4n) is 4.18. The zero-order valence-electron chi connectivity index (χ0n) is 16.9. The third-order valence-corrected chi connectivity index (χ3v) is 5.58. The minimum Gasteiger partial charge on any atom is -0.481 e. The molecule has 1 saturated heterocycles. The maximum atomic E-state index is 13.7. The first-order valence-electron chi connectivity index (χ1n) is 10.2. The Bertz CT molecular complexity index is 896. The Morgan fingerprint density at radius 1 is 1.31 bits per heavy atom. The number of aromatic nitrogens is 2. The second-order valence-corrected chi connectivity index (χ2v) is 8.65. The number of carbonyl (C=O) groups excluding carboxylic acids is 1. The molecule has 29 heavy (non-hydrogen) atoms. The van der Waals surface area contributed by atoms with Gasteiger partial charge in [0.1, 0.15) is 0 Å². The number of amides is 1. The van der Waals surface area contributed by atoms with E-state index < -0.39 is 5.82 Å². The van der Waals surface area contributed by atoms with Gasteiger partial charge in [-0.15, -0.1) is 0 Å². The zero-order valence-corrected chi connectivity index (χ0v) is 16.9. The number of para-hydroxylation sites is 1. The van der Waals surface area contributed by atoms with Crippen molar-refractivity contribution in [3.05, 3.63) is 47.5 Å². The molecule has 1 aromatic heterocycles. The van der Waals surface area contributed by atoms with Crippen LogP contribution in [0.1, 0.15) is 50.4 Å². The second-order valence-electron chi connectivity index (χ2n) is 8.65. The molecule has 0 saturated carbocycles. The van der Waals surface area contributed by atoms with Gasteiger partial charge in [0.05, 0.1) is 11.7 Å². The average Bonchev–Trinajstić information content (AvgIpc) is 3.21. The molecule has 0 unspecified atom stereocenters. The van der Waals surface area contributed by atoms with E-state index in [4.69, 9.17) is 9.72 Å². The van der Waals surface area contributed by atoms with E-state index in [0.29, 0.717) is 0 Å². The number of ether oxygens (including phenoxy) is 1. The highest BCUT2D eigenvalue weighted by Gasteiger charge is 2.35. The Morgan fingerprint density at radius 3 is 2.83 bits per heavy atom. The van der Waals surface area contributed by atoms with Crippen LogP contribution >= 0.6 is 0 Å². The predicted molar refractivity (Wildman–Crippen MR) is 108 cm³/mol. The fourth-order valence-corrected chi connectivity index (χ4v) is 4.18. The number of anilines is 1. The van der Waals surface area contributed by atoms with Crippen molar-refractivity contribution in [1.82, 2.24) is 15.3 Å². The molecule has 1 aliphatic heterocycles. The number of carbonyl (C=O) groups is 1. The maximum absolute atomic E-state index is 13.7. The van der Waals surface area contributed by atoms with Gasteiger partial charge in [0.25, 0.3) is 5.91 Å². The van der Waals surface area contributed by atoms with Crippen molar-refractivity contribution in [2.45, 2.75) is 45.6 Å². The monoisotopic (exact) mass is 398 g/mol. The normalized spacial score (nSPS) is 20.2. The van der Waals surface area contributed by atoms with Crippen LogP contribution in [0.2, 0.25) is 0 Å². The van der Waals surface area contributed by atoms with Gasteiger partial charge in [-0.3, -0.25) is 4.79 Å². The summed E-state index contributed by atoms with van der Waals surface area (Å²) in [5.74, 6) is 0.0929. The Hall–Kier alpha value is -2.70. The summed E-state index contributed by atoms with van der Waals surface area (Å²) in [4.78, 5) is 24.1. The number of benzene rings is 1. The molecule has 154 valence electrons. The van der Waals surface area contributed by atoms with Crippen LogP contribution in [-0.4, -0.2) is 35.6 Å². The fraction of sp³-hybridized carbons (Fsp3) is 0.500. The third-order valence-electron chi connectivity index (χ3n) is 5.58. The van der Waals surface area contributed by atoms with Gasteiger partial charge < -0.3 is 15.0 Å². The molecule has 0 bridgehead atoms. The molecule has 7 heteroatoms. The SMILES string of the molecule is CC1(C)Cc2nc(N3CCCC3)ncc2[C@@H](NC(=O)COc2ccccc2F)C1. The largest absolute Gasteiger partial charge is 0.481 e. The van der Waals surface area contributed by atoms with Crippen LogP contribution in [0.3, 0.4) is 0 Å². The first-order valence-corrected chi connectivity index (χ1v) is 10.2. The van der Waals surface area contributed by atoms with E-state index >= 15 is 0 Å². The molecular weight excluding hydrogens is 371 g/mol. The molecule has 1 N–H and O–H groups in total. The van der Waals surface area contributed by atoms with Crippen LogP contribution in [0.5, 0.6) is 5.75 Å². The number of halogens is 1. The van der Waals surface area contributed by atoms with Gasteiger partial charge in [0, 0.05) is 24.8 Å². The van der Waals surface area contributed by atoms with Crippen molar-refractivity contribution >= 4 is 11.9 Å². The Kier molecular flexibility index (Phi) is 5.39. The third kappa shape index (κ3) is 4.49. The Labute approximate surface area is 170 Å². The summed E-state index contributed by atoms with van der Waals surface area (Å²) in [7, 11) is 0. The topological polar surface area (TPSA) is 67.4 Å². The summed E-state index contributed by atoms with van der Waals surface area (Å²) in [5.41, 5.74) is 1.97. The van der Waals surface area contributed by atoms with E-state index in [1.165, 1.54) is 25.0 Å². The van der Waals surface area contributed by atoms with Gasteiger partial charge in [0.2, 0.25) is 5.95 Å². The van der Waals surface area contributed by atoms with Crippen LogP contribution in [0.25, 0.3) is 0 Å². The van der Waals surface area contributed by atoms with Crippen molar-refractivity contribution in [2.24, 2.45) is 5.41 Å². The molecule has 2 aliphatic rings. The lowest BCUT2D eigenvalue weighted by Crippen LogP contribution is -2.39. The first-order chi connectivity index (χ1) is 13.9. The molecule has 1 atom stereocenters. The summed E-state index contributed by atoms with van der Waals surface area (Å²) < 4.78 is 19.0. The standard InChI is InChI=1S/C22H27FN4O2/c1-22(2)11-17(25-20(28)14-29-19-8-4-3-7-16(19)23)15-13-24-21(26-18(15)12-22)27-9-5-6-10-27/h3-4,7-8,13,17H,5-6,9-12,14H2,1-2H3,(H,25,28)/t17-/m0/s1. The molecule has 1 aliphatic carbocycles. The number of nitrogens with one attached hydrogen (secondary N) is 1. The van der Waals surface area contributed by atoms with E-state index in [1.54, 1.807) is 12.1 Å². The van der Waals surface area contributed by atoms with Gasteiger partial charge in [-0.25, -0.2) is 14.4 Å². The Morgan fingerprint density at radius 2 is 2.07 bits per heavy atom. The number of fused-ring (bicyclic) bond motifs is 1. The van der Waals surface area contributed by atoms with Crippen LogP contribution in [-0.2, 0) is 11.2 Å². The van der Waals surface area contributed by atoms with Crippen molar-refractivity contribution in [3.63, 3.8) is 0 Å². The van der Waals surface area contributed by atoms with E-state index in [9.17, 15) is 9.18 Å². The summed E-state index contributed by atoms with van der Waals surface area (Å²) >= 11 is 0. The molecule has 1 fully saturated rings. The van der Waals surface area contributed by atoms with E-state index in [1.807, 2.05) is 6.20 Å². The highest BCUT2D eigenvalue weighted by Crippen LogP contribution is 2.40. The Balaban J connectivity index is 1.47. The highest BCUT2D eigenvalue weighted by atomic mass is 19.1. The number of rotatable bonds is 5. The highest BCUT2D eigenvalue weighted by molar-refractivity contribution is 5.78. The molecule has 0 radical (unpaired) electrons. The molecule has 2 heterocycles. The van der Waals surface area contributed by atoms with Crippen molar-refractivity contribution in [1.29, 1.82) is 0 Å². The van der Waals surface area contributed by atoms with Crippen LogP contribution in [0.4, 0.5) is 10.3 Å². The first kappa shape index (κ1) is 19.6. The van der Waals surface area contributed by atoms with Crippen molar-refractivity contribution < 1.29 is 13.9 Å². The lowest BCUT2D eigenvalue weighted by Gasteiger charge is -2.36. The second kappa shape index (κ2) is 7.97. The molecule has 2 aromatic rings. The van der Waals surface area contributed by atoms with E-state index in [2.05, 4.69) is 29.0 Å². The van der Waals surface area contributed by atoms with Crippen molar-refractivity contribution in [3.8, 4) is 5.75 Å². The minimum absolute atomic E-state index is 0.00791. The quantitative estimate of drug-likeness (QED) is 0.836. The predicted octanol–water partition coefficient (Wildman–Crippen LogP) is 3.42. The molecule has 1 amide bonds. The summed E-state index contributed by atoms with van der Waals surface area (Å²) in [6.07, 6.45) is 5.84. The number of nitrogens with zero attached hydrogens (tertiary/aromatic N) is 3. The zero-order chi connectivity index (χ0) is 20.4. The van der Waals surface area contributed by atoms with Gasteiger partial charge in [-0.2, -0.15) is 0 Å². The molecule has 6 nitrogen and oxygen atoms in total. The summed E-state index contributed by atoms with van der Waals surface area (Å²) in [5, 5.41) is 3.03. The maximum Gasteiger partial charge on any atom is 0.258 e. The van der Waals surface area contributed by atoms with Crippen LogP contribution < -0.4 is 15.0 Å². The average molecular weight is 398 g/mol. The number of hydrogen-bond donors (Lipinski definition) is 1. The van der Waals surface area contributed by atoms with E-state index in [-0.39, 0.29) is 29.7 Å². The van der Waals surface area contributed by atoms with Gasteiger partial charge in [-0.05, 0) is 43.2 Å². The summed E-state index contributed by atoms with van der Waals surface area (Å²) in [6.45, 7) is 6.12. The molecule has 1 aromatic carbocycles. The molecular formula is C22H27FN4O2. The van der Waals surface area contributed by atoms with Crippen molar-refractivity contribution in [2.75, 3.05) is 24.6 Å². The van der Waals surface area contributed by atoms with Gasteiger partial charge in [-0.1, -0.05) is 26.0 Å². The van der Waals surface area contributed by atoms with Gasteiger partial charge >= 0.3 is 0 Å². The lowest BCUT2D eigenvalue weighted by molar-refractivity contribution is -0.124. The summed E-state index contributed by atoms with van der Waals surface area (Å²) in [6, 6.07) is 5.89. The minimum atomic E-state index is -0.479. The lowest BCUT2D eigenvalue weighted by atomic mass is 9.74. The van der Waals surface area contributed by atoms with Crippen LogP contribution in [0.15, 0.2) is 30.5 Å². The van der Waals surface area contributed by atoms with Gasteiger partial charge in [0.15, 0.2) is 18.2 Å².